The van der Waals surface area contributed by atoms with Gasteiger partial charge in [-0.1, -0.05) is 0 Å². The van der Waals surface area contributed by atoms with Crippen LogP contribution < -0.4 is 5.32 Å². The highest BCUT2D eigenvalue weighted by Crippen LogP contribution is 2.17. The second kappa shape index (κ2) is 4.14. The summed E-state index contributed by atoms with van der Waals surface area (Å²) < 4.78 is 5.27. The lowest BCUT2D eigenvalue weighted by atomic mass is 10.1. The molecule has 0 aliphatic carbocycles. The predicted molar refractivity (Wildman–Crippen MR) is 57.9 cm³/mol. The summed E-state index contributed by atoms with van der Waals surface area (Å²) in [5.74, 6) is 0.861. The van der Waals surface area contributed by atoms with Crippen LogP contribution in [0.5, 0.6) is 0 Å². The zero-order valence-corrected chi connectivity index (χ0v) is 9.02. The van der Waals surface area contributed by atoms with Crippen LogP contribution >= 0.6 is 0 Å². The lowest BCUT2D eigenvalue weighted by Gasteiger charge is -1.99. The van der Waals surface area contributed by atoms with Crippen molar-refractivity contribution in [3.05, 3.63) is 35.7 Å². The van der Waals surface area contributed by atoms with Gasteiger partial charge in [-0.3, -0.25) is 4.79 Å². The van der Waals surface area contributed by atoms with Gasteiger partial charge < -0.3 is 9.73 Å². The maximum absolute atomic E-state index is 11.3. The predicted octanol–water partition coefficient (Wildman–Crippen LogP) is 1.40. The lowest BCUT2D eigenvalue weighted by Crippen LogP contribution is -2.17. The molecule has 0 fully saturated rings. The third-order valence-electron chi connectivity index (χ3n) is 2.15. The van der Waals surface area contributed by atoms with E-state index in [1.807, 2.05) is 0 Å². The van der Waals surface area contributed by atoms with Gasteiger partial charge in [0.2, 0.25) is 11.8 Å². The molecule has 1 aromatic heterocycles. The summed E-state index contributed by atoms with van der Waals surface area (Å²) in [6.07, 6.45) is 0. The smallest absolute Gasteiger partial charge is 0.251 e. The molecule has 5 nitrogen and oxygen atoms in total. The maximum Gasteiger partial charge on any atom is 0.251 e. The van der Waals surface area contributed by atoms with Crippen LogP contribution in [-0.4, -0.2) is 23.2 Å². The number of carbonyl (C=O) groups is 1. The Hall–Kier alpha value is -2.17. The van der Waals surface area contributed by atoms with Crippen molar-refractivity contribution in [1.29, 1.82) is 0 Å². The Morgan fingerprint density at radius 1 is 1.25 bits per heavy atom. The minimum atomic E-state index is -0.117. The van der Waals surface area contributed by atoms with Crippen LogP contribution in [0.2, 0.25) is 0 Å². The molecule has 0 atom stereocenters. The summed E-state index contributed by atoms with van der Waals surface area (Å²) in [5.41, 5.74) is 1.40. The molecule has 0 aliphatic heterocycles. The topological polar surface area (TPSA) is 68.0 Å². The minimum Gasteiger partial charge on any atom is -0.421 e. The number of benzene rings is 1. The van der Waals surface area contributed by atoms with E-state index in [1.54, 1.807) is 38.2 Å². The van der Waals surface area contributed by atoms with Crippen LogP contribution in [0.1, 0.15) is 16.2 Å². The van der Waals surface area contributed by atoms with Gasteiger partial charge in [0.15, 0.2) is 0 Å². The van der Waals surface area contributed by atoms with Crippen molar-refractivity contribution in [3.8, 4) is 11.5 Å². The molecule has 1 aromatic carbocycles. The molecule has 0 saturated heterocycles. The van der Waals surface area contributed by atoms with E-state index < -0.39 is 0 Å². The first-order valence-corrected chi connectivity index (χ1v) is 4.83. The van der Waals surface area contributed by atoms with Crippen molar-refractivity contribution in [1.82, 2.24) is 15.5 Å². The number of hydrogen-bond acceptors (Lipinski definition) is 4. The minimum absolute atomic E-state index is 0.117. The van der Waals surface area contributed by atoms with Crippen molar-refractivity contribution >= 4 is 5.91 Å². The van der Waals surface area contributed by atoms with Crippen LogP contribution in [0.25, 0.3) is 11.5 Å². The molecule has 0 saturated carbocycles. The number of rotatable bonds is 2. The molecule has 0 spiro atoms. The average molecular weight is 217 g/mol. The van der Waals surface area contributed by atoms with Crippen molar-refractivity contribution in [3.63, 3.8) is 0 Å². The zero-order valence-electron chi connectivity index (χ0n) is 9.02. The fraction of sp³-hybridized carbons (Fsp3) is 0.182. The zero-order chi connectivity index (χ0) is 11.5. The Morgan fingerprint density at radius 3 is 2.44 bits per heavy atom. The van der Waals surface area contributed by atoms with Crippen LogP contribution in [0.4, 0.5) is 0 Å². The SMILES string of the molecule is CNC(=O)c1ccc(-c2nnc(C)o2)cc1. The van der Waals surface area contributed by atoms with Crippen molar-refractivity contribution in [2.24, 2.45) is 0 Å². The summed E-state index contributed by atoms with van der Waals surface area (Å²) in [7, 11) is 1.59. The molecular weight excluding hydrogens is 206 g/mol. The number of hydrogen-bond donors (Lipinski definition) is 1. The van der Waals surface area contributed by atoms with Gasteiger partial charge in [0.1, 0.15) is 0 Å². The van der Waals surface area contributed by atoms with Gasteiger partial charge in [-0.25, -0.2) is 0 Å². The molecule has 1 amide bonds. The normalized spacial score (nSPS) is 10.1. The van der Waals surface area contributed by atoms with E-state index >= 15 is 0 Å². The number of aromatic nitrogens is 2. The van der Waals surface area contributed by atoms with E-state index in [0.29, 0.717) is 17.3 Å². The van der Waals surface area contributed by atoms with E-state index in [1.165, 1.54) is 0 Å². The van der Waals surface area contributed by atoms with Crippen LogP contribution in [-0.2, 0) is 0 Å². The van der Waals surface area contributed by atoms with Crippen molar-refractivity contribution < 1.29 is 9.21 Å². The van der Waals surface area contributed by atoms with Gasteiger partial charge in [-0.2, -0.15) is 0 Å². The van der Waals surface area contributed by atoms with Crippen molar-refractivity contribution in [2.45, 2.75) is 6.92 Å². The highest BCUT2D eigenvalue weighted by atomic mass is 16.4. The first-order valence-electron chi connectivity index (χ1n) is 4.83. The van der Waals surface area contributed by atoms with Gasteiger partial charge in [-0.05, 0) is 24.3 Å². The number of aryl methyl sites for hydroxylation is 1. The number of nitrogens with one attached hydrogen (secondary N) is 1. The van der Waals surface area contributed by atoms with Crippen LogP contribution in [0, 0.1) is 6.92 Å². The number of nitrogens with zero attached hydrogens (tertiary/aromatic N) is 2. The van der Waals surface area contributed by atoms with E-state index in [9.17, 15) is 4.79 Å². The Balaban J connectivity index is 2.29. The first kappa shape index (κ1) is 10.4. The van der Waals surface area contributed by atoms with Gasteiger partial charge >= 0.3 is 0 Å². The summed E-state index contributed by atoms with van der Waals surface area (Å²) in [6, 6.07) is 6.98. The fourth-order valence-electron chi connectivity index (χ4n) is 1.32. The molecule has 5 heteroatoms. The highest BCUT2D eigenvalue weighted by Gasteiger charge is 2.07. The second-order valence-electron chi connectivity index (χ2n) is 3.28. The summed E-state index contributed by atoms with van der Waals surface area (Å²) >= 11 is 0. The highest BCUT2D eigenvalue weighted by molar-refractivity contribution is 5.94. The Kier molecular flexibility index (Phi) is 2.68. The van der Waals surface area contributed by atoms with Gasteiger partial charge in [0, 0.05) is 25.1 Å². The van der Waals surface area contributed by atoms with E-state index in [2.05, 4.69) is 15.5 Å². The first-order chi connectivity index (χ1) is 7.70. The van der Waals surface area contributed by atoms with Crippen LogP contribution in [0.15, 0.2) is 28.7 Å². The third kappa shape index (κ3) is 1.93. The molecule has 1 N–H and O–H groups in total. The van der Waals surface area contributed by atoms with Gasteiger partial charge in [0.05, 0.1) is 0 Å². The van der Waals surface area contributed by atoms with Crippen molar-refractivity contribution in [2.75, 3.05) is 7.05 Å². The molecule has 0 aliphatic rings. The molecule has 2 rings (SSSR count). The molecular formula is C11H11N3O2. The van der Waals surface area contributed by atoms with E-state index in [0.717, 1.165) is 5.56 Å². The van der Waals surface area contributed by atoms with Gasteiger partial charge in [0.25, 0.3) is 5.91 Å². The molecule has 82 valence electrons. The third-order valence-corrected chi connectivity index (χ3v) is 2.15. The molecule has 0 bridgehead atoms. The Bertz CT molecular complexity index is 502. The molecule has 1 heterocycles. The molecule has 2 aromatic rings. The average Bonchev–Trinajstić information content (AvgIpc) is 2.75. The van der Waals surface area contributed by atoms with Crippen LogP contribution in [0.3, 0.4) is 0 Å². The fourth-order valence-corrected chi connectivity index (χ4v) is 1.32. The lowest BCUT2D eigenvalue weighted by molar-refractivity contribution is 0.0963. The summed E-state index contributed by atoms with van der Waals surface area (Å²) in [4.78, 5) is 11.3. The maximum atomic E-state index is 11.3. The number of amides is 1. The Morgan fingerprint density at radius 2 is 1.94 bits per heavy atom. The monoisotopic (exact) mass is 217 g/mol. The van der Waals surface area contributed by atoms with E-state index in [4.69, 9.17) is 4.42 Å². The quantitative estimate of drug-likeness (QED) is 0.825. The molecule has 0 radical (unpaired) electrons. The van der Waals surface area contributed by atoms with E-state index in [-0.39, 0.29) is 5.91 Å². The number of carbonyl (C=O) groups excluding carboxylic acids is 1. The summed E-state index contributed by atoms with van der Waals surface area (Å²) in [6.45, 7) is 1.73. The molecule has 16 heavy (non-hydrogen) atoms. The molecule has 0 unspecified atom stereocenters. The largest absolute Gasteiger partial charge is 0.421 e. The second-order valence-corrected chi connectivity index (χ2v) is 3.28. The Labute approximate surface area is 92.5 Å². The van der Waals surface area contributed by atoms with Gasteiger partial charge in [-0.15, -0.1) is 10.2 Å². The standard InChI is InChI=1S/C11H11N3O2/c1-7-13-14-11(16-7)9-5-3-8(4-6-9)10(15)12-2/h3-6H,1-2H3,(H,12,15). The summed E-state index contributed by atoms with van der Waals surface area (Å²) in [5, 5.41) is 10.2.